The number of carbonyl (C=O) groups excluding carboxylic acids is 1. The zero-order chi connectivity index (χ0) is 12.5. The Morgan fingerprint density at radius 2 is 1.94 bits per heavy atom. The van der Waals surface area contributed by atoms with Crippen LogP contribution in [0.5, 0.6) is 0 Å². The van der Waals surface area contributed by atoms with Gasteiger partial charge in [0.1, 0.15) is 0 Å². The van der Waals surface area contributed by atoms with Crippen molar-refractivity contribution in [3.63, 3.8) is 0 Å². The second-order valence-corrected chi connectivity index (χ2v) is 5.12. The predicted molar refractivity (Wildman–Crippen MR) is 75.9 cm³/mol. The summed E-state index contributed by atoms with van der Waals surface area (Å²) in [6.07, 6.45) is 0. The van der Waals surface area contributed by atoms with Gasteiger partial charge in [-0.1, -0.05) is 30.3 Å². The van der Waals surface area contributed by atoms with Gasteiger partial charge in [0.05, 0.1) is 11.6 Å². The van der Waals surface area contributed by atoms with Gasteiger partial charge in [-0.05, 0) is 19.4 Å². The summed E-state index contributed by atoms with van der Waals surface area (Å²) in [4.78, 5) is 13.6. The first-order chi connectivity index (χ1) is 8.03. The van der Waals surface area contributed by atoms with Crippen LogP contribution in [0.25, 0.3) is 0 Å². The Kier molecular flexibility index (Phi) is 4.77. The molecule has 1 unspecified atom stereocenters. The number of nitrogens with zero attached hydrogens (tertiary/aromatic N) is 1. The van der Waals surface area contributed by atoms with Crippen LogP contribution in [0.3, 0.4) is 0 Å². The molecular weight excluding hydrogens is 248 g/mol. The number of amides is 1. The van der Waals surface area contributed by atoms with Crippen molar-refractivity contribution in [3.8, 4) is 0 Å². The van der Waals surface area contributed by atoms with Gasteiger partial charge in [0.2, 0.25) is 5.91 Å². The molecular formula is C14H21ClN2O. The number of rotatable bonds is 1. The standard InChI is InChI=1S/C14H20N2O.ClH/c1-11(17)16-10-9-15-13(14(16,2)3)12-7-5-4-6-8-12;/h4-8,13,15H,9-10H2,1-3H3;1H. The molecule has 0 spiro atoms. The largest absolute Gasteiger partial charge is 0.335 e. The summed E-state index contributed by atoms with van der Waals surface area (Å²) in [7, 11) is 0. The fourth-order valence-corrected chi connectivity index (χ4v) is 2.75. The van der Waals surface area contributed by atoms with E-state index in [0.29, 0.717) is 0 Å². The van der Waals surface area contributed by atoms with E-state index in [4.69, 9.17) is 0 Å². The number of nitrogens with one attached hydrogen (secondary N) is 1. The molecule has 0 aliphatic carbocycles. The van der Waals surface area contributed by atoms with Crippen molar-refractivity contribution in [3.05, 3.63) is 35.9 Å². The Balaban J connectivity index is 0.00000162. The fraction of sp³-hybridized carbons (Fsp3) is 0.500. The van der Waals surface area contributed by atoms with E-state index in [-0.39, 0.29) is 29.9 Å². The van der Waals surface area contributed by atoms with Crippen LogP contribution >= 0.6 is 12.4 Å². The van der Waals surface area contributed by atoms with Gasteiger partial charge in [0, 0.05) is 20.0 Å². The van der Waals surface area contributed by atoms with Gasteiger partial charge < -0.3 is 10.2 Å². The summed E-state index contributed by atoms with van der Waals surface area (Å²) in [5.41, 5.74) is 1.05. The first-order valence-corrected chi connectivity index (χ1v) is 6.10. The van der Waals surface area contributed by atoms with Gasteiger partial charge in [-0.2, -0.15) is 0 Å². The summed E-state index contributed by atoms with van der Waals surface area (Å²) in [5, 5.41) is 3.52. The van der Waals surface area contributed by atoms with Crippen molar-refractivity contribution >= 4 is 18.3 Å². The van der Waals surface area contributed by atoms with Gasteiger partial charge >= 0.3 is 0 Å². The molecule has 0 bridgehead atoms. The highest BCUT2D eigenvalue weighted by Gasteiger charge is 2.40. The van der Waals surface area contributed by atoms with Crippen molar-refractivity contribution < 1.29 is 4.79 Å². The molecule has 0 aromatic heterocycles. The summed E-state index contributed by atoms with van der Waals surface area (Å²) >= 11 is 0. The minimum Gasteiger partial charge on any atom is -0.335 e. The van der Waals surface area contributed by atoms with Crippen LogP contribution < -0.4 is 5.32 Å². The number of carbonyl (C=O) groups is 1. The van der Waals surface area contributed by atoms with E-state index in [2.05, 4.69) is 31.3 Å². The molecule has 0 saturated carbocycles. The number of hydrogen-bond acceptors (Lipinski definition) is 2. The van der Waals surface area contributed by atoms with Gasteiger partial charge in [0.25, 0.3) is 0 Å². The van der Waals surface area contributed by atoms with E-state index in [1.165, 1.54) is 5.56 Å². The van der Waals surface area contributed by atoms with Crippen molar-refractivity contribution in [2.75, 3.05) is 13.1 Å². The van der Waals surface area contributed by atoms with E-state index in [1.54, 1.807) is 6.92 Å². The molecule has 1 aliphatic rings. The van der Waals surface area contributed by atoms with Crippen molar-refractivity contribution in [2.45, 2.75) is 32.4 Å². The Morgan fingerprint density at radius 1 is 1.33 bits per heavy atom. The molecule has 0 radical (unpaired) electrons. The van der Waals surface area contributed by atoms with Gasteiger partial charge in [0.15, 0.2) is 0 Å². The number of hydrogen-bond donors (Lipinski definition) is 1. The van der Waals surface area contributed by atoms with E-state index in [9.17, 15) is 4.79 Å². The summed E-state index contributed by atoms with van der Waals surface area (Å²) in [6.45, 7) is 7.53. The van der Waals surface area contributed by atoms with Crippen molar-refractivity contribution in [1.82, 2.24) is 10.2 Å². The molecule has 1 aromatic carbocycles. The zero-order valence-electron chi connectivity index (χ0n) is 11.1. The van der Waals surface area contributed by atoms with E-state index >= 15 is 0 Å². The van der Waals surface area contributed by atoms with Gasteiger partial charge in [-0.15, -0.1) is 12.4 Å². The van der Waals surface area contributed by atoms with Crippen molar-refractivity contribution in [2.24, 2.45) is 0 Å². The molecule has 3 nitrogen and oxygen atoms in total. The lowest BCUT2D eigenvalue weighted by Gasteiger charge is -2.48. The van der Waals surface area contributed by atoms with Gasteiger partial charge in [-0.25, -0.2) is 0 Å². The maximum absolute atomic E-state index is 11.7. The zero-order valence-corrected chi connectivity index (χ0v) is 12.0. The lowest BCUT2D eigenvalue weighted by molar-refractivity contribution is -0.137. The van der Waals surface area contributed by atoms with Crippen LogP contribution in [0, 0.1) is 0 Å². The monoisotopic (exact) mass is 268 g/mol. The molecule has 1 amide bonds. The van der Waals surface area contributed by atoms with Gasteiger partial charge in [-0.3, -0.25) is 4.79 Å². The first kappa shape index (κ1) is 15.0. The third kappa shape index (κ3) is 2.68. The third-order valence-corrected chi connectivity index (χ3v) is 3.60. The van der Waals surface area contributed by atoms with Crippen LogP contribution in [0.1, 0.15) is 32.4 Å². The Hall–Kier alpha value is -1.06. The normalized spacial score (nSPS) is 22.2. The minimum absolute atomic E-state index is 0. The Bertz CT molecular complexity index is 406. The molecule has 18 heavy (non-hydrogen) atoms. The highest BCUT2D eigenvalue weighted by Crippen LogP contribution is 2.33. The second-order valence-electron chi connectivity index (χ2n) is 5.12. The average Bonchev–Trinajstić information content (AvgIpc) is 2.28. The molecule has 1 N–H and O–H groups in total. The van der Waals surface area contributed by atoms with Crippen LogP contribution in [0.15, 0.2) is 30.3 Å². The second kappa shape index (κ2) is 5.72. The maximum atomic E-state index is 11.7. The number of piperazine rings is 1. The molecule has 1 fully saturated rings. The highest BCUT2D eigenvalue weighted by molar-refractivity contribution is 5.85. The van der Waals surface area contributed by atoms with E-state index < -0.39 is 0 Å². The summed E-state index contributed by atoms with van der Waals surface area (Å²) in [5.74, 6) is 0.150. The quantitative estimate of drug-likeness (QED) is 0.848. The fourth-order valence-electron chi connectivity index (χ4n) is 2.75. The Labute approximate surface area is 115 Å². The minimum atomic E-state index is -0.189. The van der Waals surface area contributed by atoms with Crippen molar-refractivity contribution in [1.29, 1.82) is 0 Å². The maximum Gasteiger partial charge on any atom is 0.219 e. The molecule has 1 heterocycles. The molecule has 2 rings (SSSR count). The average molecular weight is 269 g/mol. The summed E-state index contributed by atoms with van der Waals surface area (Å²) in [6, 6.07) is 10.5. The molecule has 1 saturated heterocycles. The smallest absolute Gasteiger partial charge is 0.219 e. The SMILES string of the molecule is CC(=O)N1CCNC(c2ccccc2)C1(C)C.Cl. The first-order valence-electron chi connectivity index (χ1n) is 6.10. The van der Waals surface area contributed by atoms with Crippen LogP contribution in [0.4, 0.5) is 0 Å². The highest BCUT2D eigenvalue weighted by atomic mass is 35.5. The molecule has 1 atom stereocenters. The van der Waals surface area contributed by atoms with Crippen LogP contribution in [-0.2, 0) is 4.79 Å². The van der Waals surface area contributed by atoms with Crippen LogP contribution in [-0.4, -0.2) is 29.4 Å². The van der Waals surface area contributed by atoms with E-state index in [1.807, 2.05) is 23.1 Å². The molecule has 1 aromatic rings. The molecule has 100 valence electrons. The lowest BCUT2D eigenvalue weighted by Crippen LogP contribution is -2.60. The summed E-state index contributed by atoms with van der Waals surface area (Å²) < 4.78 is 0. The van der Waals surface area contributed by atoms with E-state index in [0.717, 1.165) is 13.1 Å². The topological polar surface area (TPSA) is 32.3 Å². The molecule has 4 heteroatoms. The number of halogens is 1. The van der Waals surface area contributed by atoms with Crippen LogP contribution in [0.2, 0.25) is 0 Å². The third-order valence-electron chi connectivity index (χ3n) is 3.60. The Morgan fingerprint density at radius 3 is 2.50 bits per heavy atom. The number of benzene rings is 1. The predicted octanol–water partition coefficient (Wildman–Crippen LogP) is 2.38. The lowest BCUT2D eigenvalue weighted by atomic mass is 9.85. The molecule has 1 aliphatic heterocycles.